The number of hydrogen-bond acceptors (Lipinski definition) is 3. The van der Waals surface area contributed by atoms with E-state index in [1.165, 1.54) is 0 Å². The lowest BCUT2D eigenvalue weighted by atomic mass is 10.2. The summed E-state index contributed by atoms with van der Waals surface area (Å²) in [6.07, 6.45) is 0. The average molecular weight is 339 g/mol. The van der Waals surface area contributed by atoms with Gasteiger partial charge in [-0.1, -0.05) is 23.2 Å². The van der Waals surface area contributed by atoms with Gasteiger partial charge in [0.2, 0.25) is 0 Å². The van der Waals surface area contributed by atoms with E-state index in [1.54, 1.807) is 30.3 Å². The zero-order chi connectivity index (χ0) is 16.3. The number of carbonyl (C=O) groups is 1. The maximum Gasteiger partial charge on any atom is 0.262 e. The number of ether oxygens (including phenoxy) is 1. The SMILES string of the molecule is Cc1cc(N)ccc1NC(=O)COc1c(C)cc(Cl)cc1Cl. The summed E-state index contributed by atoms with van der Waals surface area (Å²) in [4.78, 5) is 12.0. The molecule has 0 fully saturated rings. The van der Waals surface area contributed by atoms with Crippen LogP contribution in [0.5, 0.6) is 5.75 Å². The molecule has 22 heavy (non-hydrogen) atoms. The maximum atomic E-state index is 12.0. The van der Waals surface area contributed by atoms with Crippen molar-refractivity contribution >= 4 is 40.5 Å². The van der Waals surface area contributed by atoms with Crippen LogP contribution in [0.15, 0.2) is 30.3 Å². The number of anilines is 2. The number of nitrogens with one attached hydrogen (secondary N) is 1. The van der Waals surface area contributed by atoms with Crippen LogP contribution in [0, 0.1) is 13.8 Å². The molecule has 0 bridgehead atoms. The standard InChI is InChI=1S/C16H16Cl2N2O2/c1-9-6-12(19)3-4-14(9)20-15(21)8-22-16-10(2)5-11(17)7-13(16)18/h3-7H,8,19H2,1-2H3,(H,20,21). The lowest BCUT2D eigenvalue weighted by Crippen LogP contribution is -2.21. The van der Waals surface area contributed by atoms with Crippen LogP contribution >= 0.6 is 23.2 Å². The van der Waals surface area contributed by atoms with Gasteiger partial charge < -0.3 is 15.8 Å². The van der Waals surface area contributed by atoms with Gasteiger partial charge >= 0.3 is 0 Å². The minimum Gasteiger partial charge on any atom is -0.482 e. The Balaban J connectivity index is 2.02. The normalized spacial score (nSPS) is 10.4. The Labute approximate surface area is 139 Å². The van der Waals surface area contributed by atoms with E-state index in [0.29, 0.717) is 27.2 Å². The molecule has 0 saturated heterocycles. The second kappa shape index (κ2) is 6.90. The number of carbonyl (C=O) groups excluding carboxylic acids is 1. The fourth-order valence-electron chi connectivity index (χ4n) is 2.02. The van der Waals surface area contributed by atoms with Crippen LogP contribution in [0.1, 0.15) is 11.1 Å². The molecule has 0 aliphatic rings. The van der Waals surface area contributed by atoms with E-state index in [-0.39, 0.29) is 12.5 Å². The van der Waals surface area contributed by atoms with Crippen LogP contribution in [-0.4, -0.2) is 12.5 Å². The predicted molar refractivity (Wildman–Crippen MR) is 90.9 cm³/mol. The molecule has 0 heterocycles. The number of halogens is 2. The summed E-state index contributed by atoms with van der Waals surface area (Å²) in [5.74, 6) is 0.175. The quantitative estimate of drug-likeness (QED) is 0.820. The molecule has 0 radical (unpaired) electrons. The van der Waals surface area contributed by atoms with Gasteiger partial charge in [-0.05, 0) is 55.3 Å². The van der Waals surface area contributed by atoms with E-state index in [9.17, 15) is 4.79 Å². The molecule has 3 N–H and O–H groups in total. The number of benzene rings is 2. The first-order valence-electron chi connectivity index (χ1n) is 6.61. The van der Waals surface area contributed by atoms with Crippen molar-refractivity contribution in [1.29, 1.82) is 0 Å². The number of nitrogens with two attached hydrogens (primary N) is 1. The second-order valence-corrected chi connectivity index (χ2v) is 5.79. The maximum absolute atomic E-state index is 12.0. The Morgan fingerprint density at radius 1 is 1.18 bits per heavy atom. The first kappa shape index (κ1) is 16.5. The second-order valence-electron chi connectivity index (χ2n) is 4.94. The van der Waals surface area contributed by atoms with Crippen LogP contribution in [0.4, 0.5) is 11.4 Å². The third-order valence-electron chi connectivity index (χ3n) is 3.07. The highest BCUT2D eigenvalue weighted by atomic mass is 35.5. The first-order valence-corrected chi connectivity index (χ1v) is 7.37. The number of aryl methyl sites for hydroxylation is 2. The van der Waals surface area contributed by atoms with Gasteiger partial charge in [-0.15, -0.1) is 0 Å². The lowest BCUT2D eigenvalue weighted by Gasteiger charge is -2.12. The monoisotopic (exact) mass is 338 g/mol. The van der Waals surface area contributed by atoms with Crippen LogP contribution in [0.2, 0.25) is 10.0 Å². The molecule has 6 heteroatoms. The topological polar surface area (TPSA) is 64.3 Å². The van der Waals surface area contributed by atoms with Gasteiger partial charge in [0.1, 0.15) is 5.75 Å². The van der Waals surface area contributed by atoms with Crippen molar-refractivity contribution in [3.63, 3.8) is 0 Å². The van der Waals surface area contributed by atoms with Crippen molar-refractivity contribution in [1.82, 2.24) is 0 Å². The summed E-state index contributed by atoms with van der Waals surface area (Å²) in [7, 11) is 0. The van der Waals surface area contributed by atoms with Gasteiger partial charge in [-0.3, -0.25) is 4.79 Å². The first-order chi connectivity index (χ1) is 10.4. The largest absolute Gasteiger partial charge is 0.482 e. The molecule has 0 aliphatic carbocycles. The van der Waals surface area contributed by atoms with Gasteiger partial charge in [-0.25, -0.2) is 0 Å². The van der Waals surface area contributed by atoms with Crippen molar-refractivity contribution in [2.45, 2.75) is 13.8 Å². The Bertz CT molecular complexity index is 694. The molecule has 2 aromatic carbocycles. The number of rotatable bonds is 4. The van der Waals surface area contributed by atoms with E-state index in [1.807, 2.05) is 13.8 Å². The van der Waals surface area contributed by atoms with Crippen molar-refractivity contribution in [2.75, 3.05) is 17.7 Å². The highest BCUT2D eigenvalue weighted by Gasteiger charge is 2.11. The van der Waals surface area contributed by atoms with Gasteiger partial charge in [0, 0.05) is 16.4 Å². The van der Waals surface area contributed by atoms with Gasteiger partial charge in [0.05, 0.1) is 5.02 Å². The summed E-state index contributed by atoms with van der Waals surface area (Å²) in [6.45, 7) is 3.54. The molecule has 0 unspecified atom stereocenters. The molecule has 0 aromatic heterocycles. The minimum absolute atomic E-state index is 0.147. The van der Waals surface area contributed by atoms with Crippen molar-refractivity contribution in [3.8, 4) is 5.75 Å². The van der Waals surface area contributed by atoms with Crippen LogP contribution in [-0.2, 0) is 4.79 Å². The molecule has 1 amide bonds. The third-order valence-corrected chi connectivity index (χ3v) is 3.57. The van der Waals surface area contributed by atoms with E-state index >= 15 is 0 Å². The molecule has 2 rings (SSSR count). The Kier molecular flexibility index (Phi) is 5.16. The Hall–Kier alpha value is -1.91. The highest BCUT2D eigenvalue weighted by molar-refractivity contribution is 6.35. The van der Waals surface area contributed by atoms with E-state index in [4.69, 9.17) is 33.7 Å². The molecule has 0 saturated carbocycles. The van der Waals surface area contributed by atoms with Crippen LogP contribution in [0.25, 0.3) is 0 Å². The fourth-order valence-corrected chi connectivity index (χ4v) is 2.67. The van der Waals surface area contributed by atoms with Crippen molar-refractivity contribution < 1.29 is 9.53 Å². The average Bonchev–Trinajstić information content (AvgIpc) is 2.40. The summed E-state index contributed by atoms with van der Waals surface area (Å²) in [5.41, 5.74) is 8.68. The van der Waals surface area contributed by atoms with E-state index in [2.05, 4.69) is 5.32 Å². The fraction of sp³-hybridized carbons (Fsp3) is 0.188. The summed E-state index contributed by atoms with van der Waals surface area (Å²) in [5, 5.41) is 3.67. The van der Waals surface area contributed by atoms with Gasteiger partial charge in [0.25, 0.3) is 5.91 Å². The number of hydrogen-bond donors (Lipinski definition) is 2. The molecule has 0 atom stereocenters. The molecule has 2 aromatic rings. The zero-order valence-corrected chi connectivity index (χ0v) is 13.8. The molecule has 0 spiro atoms. The van der Waals surface area contributed by atoms with E-state index < -0.39 is 0 Å². The summed E-state index contributed by atoms with van der Waals surface area (Å²) in [6, 6.07) is 8.57. The van der Waals surface area contributed by atoms with Crippen molar-refractivity contribution in [3.05, 3.63) is 51.5 Å². The molecule has 0 aliphatic heterocycles. The molecular weight excluding hydrogens is 323 g/mol. The zero-order valence-electron chi connectivity index (χ0n) is 12.2. The molecular formula is C16H16Cl2N2O2. The number of amides is 1. The minimum atomic E-state index is -0.279. The Morgan fingerprint density at radius 2 is 1.91 bits per heavy atom. The van der Waals surface area contributed by atoms with Crippen LogP contribution in [0.3, 0.4) is 0 Å². The van der Waals surface area contributed by atoms with Crippen LogP contribution < -0.4 is 15.8 Å². The smallest absolute Gasteiger partial charge is 0.262 e. The van der Waals surface area contributed by atoms with Gasteiger partial charge in [0.15, 0.2) is 6.61 Å². The molecule has 116 valence electrons. The van der Waals surface area contributed by atoms with Crippen molar-refractivity contribution in [2.24, 2.45) is 0 Å². The number of nitrogen functional groups attached to an aromatic ring is 1. The predicted octanol–water partition coefficient (Wildman–Crippen LogP) is 4.21. The molecule has 4 nitrogen and oxygen atoms in total. The van der Waals surface area contributed by atoms with E-state index in [0.717, 1.165) is 11.1 Å². The summed E-state index contributed by atoms with van der Waals surface area (Å²) < 4.78 is 5.49. The Morgan fingerprint density at radius 3 is 2.55 bits per heavy atom. The third kappa shape index (κ3) is 4.06. The lowest BCUT2D eigenvalue weighted by molar-refractivity contribution is -0.118. The van der Waals surface area contributed by atoms with Gasteiger partial charge in [-0.2, -0.15) is 0 Å². The summed E-state index contributed by atoms with van der Waals surface area (Å²) >= 11 is 12.0. The highest BCUT2D eigenvalue weighted by Crippen LogP contribution is 2.31.